The first-order chi connectivity index (χ1) is 12.0. The first kappa shape index (κ1) is 18.7. The molecular weight excluding hydrogens is 336 g/mol. The number of nitrogens with one attached hydrogen (secondary N) is 1. The lowest BCUT2D eigenvalue weighted by molar-refractivity contribution is -0.126. The van der Waals surface area contributed by atoms with Gasteiger partial charge >= 0.3 is 0 Å². The maximum atomic E-state index is 11.3. The van der Waals surface area contributed by atoms with Gasteiger partial charge in [0.25, 0.3) is 0 Å². The number of benzene rings is 1. The van der Waals surface area contributed by atoms with Gasteiger partial charge in [0, 0.05) is 42.9 Å². The summed E-state index contributed by atoms with van der Waals surface area (Å²) in [5, 5.41) is 13.9. The minimum absolute atomic E-state index is 0.0220. The van der Waals surface area contributed by atoms with Crippen LogP contribution in [0.2, 0.25) is 5.02 Å². The Hall–Kier alpha value is -1.10. The number of halogens is 1. The molecule has 138 valence electrons. The molecular formula is C20H29ClN2O2. The van der Waals surface area contributed by atoms with Crippen molar-refractivity contribution in [3.8, 4) is 0 Å². The molecule has 2 saturated heterocycles. The lowest BCUT2D eigenvalue weighted by Gasteiger charge is -2.38. The molecule has 3 fully saturated rings. The van der Waals surface area contributed by atoms with Gasteiger partial charge in [-0.05, 0) is 43.5 Å². The number of amides is 1. The largest absolute Gasteiger partial charge is 0.392 e. The van der Waals surface area contributed by atoms with E-state index < -0.39 is 0 Å². The van der Waals surface area contributed by atoms with Gasteiger partial charge in [0.05, 0.1) is 6.10 Å². The van der Waals surface area contributed by atoms with Crippen molar-refractivity contribution in [1.82, 2.24) is 10.2 Å². The van der Waals surface area contributed by atoms with Crippen LogP contribution >= 0.6 is 11.6 Å². The molecule has 2 N–H and O–H groups in total. The monoisotopic (exact) mass is 364 g/mol. The van der Waals surface area contributed by atoms with Crippen molar-refractivity contribution in [2.24, 2.45) is 5.41 Å². The van der Waals surface area contributed by atoms with Crippen LogP contribution in [0.3, 0.4) is 0 Å². The van der Waals surface area contributed by atoms with Crippen LogP contribution in [0.25, 0.3) is 0 Å². The fourth-order valence-electron chi connectivity index (χ4n) is 4.41. The van der Waals surface area contributed by atoms with E-state index in [1.807, 2.05) is 31.3 Å². The number of rotatable bonds is 1. The van der Waals surface area contributed by atoms with Crippen LogP contribution in [0.4, 0.5) is 0 Å². The highest BCUT2D eigenvalue weighted by molar-refractivity contribution is 6.30. The fraction of sp³-hybridized carbons (Fsp3) is 0.650. The maximum Gasteiger partial charge on any atom is 0.223 e. The summed E-state index contributed by atoms with van der Waals surface area (Å²) in [6, 6.07) is 7.75. The Morgan fingerprint density at radius 2 is 1.92 bits per heavy atom. The third kappa shape index (κ3) is 4.36. The number of likely N-dealkylation sites (N-methyl/N-ethyl adjacent to an activating group) is 1. The molecule has 4 rings (SSSR count). The third-order valence-electron chi connectivity index (χ3n) is 6.06. The molecule has 0 bridgehead atoms. The smallest absolute Gasteiger partial charge is 0.223 e. The summed E-state index contributed by atoms with van der Waals surface area (Å²) < 4.78 is 0. The van der Waals surface area contributed by atoms with Crippen LogP contribution in [0.15, 0.2) is 24.3 Å². The van der Waals surface area contributed by atoms with Crippen molar-refractivity contribution in [2.45, 2.75) is 50.5 Å². The predicted molar refractivity (Wildman–Crippen MR) is 101 cm³/mol. The van der Waals surface area contributed by atoms with Crippen LogP contribution in [0.1, 0.15) is 50.0 Å². The van der Waals surface area contributed by atoms with Gasteiger partial charge in [-0.1, -0.05) is 36.6 Å². The van der Waals surface area contributed by atoms with E-state index in [1.54, 1.807) is 4.90 Å². The van der Waals surface area contributed by atoms with Crippen molar-refractivity contribution in [1.29, 1.82) is 0 Å². The summed E-state index contributed by atoms with van der Waals surface area (Å²) in [6.45, 7) is 2.87. The van der Waals surface area contributed by atoms with E-state index in [4.69, 9.17) is 11.6 Å². The molecule has 1 spiro atoms. The van der Waals surface area contributed by atoms with Gasteiger partial charge in [0.15, 0.2) is 0 Å². The van der Waals surface area contributed by atoms with Crippen molar-refractivity contribution < 1.29 is 9.90 Å². The summed E-state index contributed by atoms with van der Waals surface area (Å²) in [6.07, 6.45) is 6.67. The lowest BCUT2D eigenvalue weighted by atomic mass is 9.77. The molecule has 0 radical (unpaired) electrons. The van der Waals surface area contributed by atoms with Gasteiger partial charge in [0.2, 0.25) is 5.91 Å². The zero-order chi connectivity index (χ0) is 17.9. The number of aliphatic hydroxyl groups excluding tert-OH is 1. The van der Waals surface area contributed by atoms with E-state index in [9.17, 15) is 9.90 Å². The van der Waals surface area contributed by atoms with Crippen molar-refractivity contribution >= 4 is 17.5 Å². The molecule has 1 aromatic rings. The summed E-state index contributed by atoms with van der Waals surface area (Å²) in [4.78, 5) is 13.1. The quantitative estimate of drug-likeness (QED) is 0.804. The molecule has 25 heavy (non-hydrogen) atoms. The average Bonchev–Trinajstić information content (AvgIpc) is 3.20. The Morgan fingerprint density at radius 3 is 2.48 bits per heavy atom. The van der Waals surface area contributed by atoms with Gasteiger partial charge in [-0.25, -0.2) is 0 Å². The van der Waals surface area contributed by atoms with Gasteiger partial charge in [-0.3, -0.25) is 4.79 Å². The SMILES string of the molecule is CN1CC(c2ccc(Cl)cc2)CC1=O.OC1CCNCC12CCCC2. The van der Waals surface area contributed by atoms with Crippen LogP contribution < -0.4 is 5.32 Å². The van der Waals surface area contributed by atoms with E-state index >= 15 is 0 Å². The summed E-state index contributed by atoms with van der Waals surface area (Å²) in [5.74, 6) is 0.565. The minimum Gasteiger partial charge on any atom is -0.392 e. The van der Waals surface area contributed by atoms with Gasteiger partial charge in [0.1, 0.15) is 0 Å². The Morgan fingerprint density at radius 1 is 1.24 bits per heavy atom. The zero-order valence-electron chi connectivity index (χ0n) is 15.0. The number of hydrogen-bond acceptors (Lipinski definition) is 3. The second-order valence-corrected chi connectivity index (χ2v) is 8.21. The number of hydrogen-bond donors (Lipinski definition) is 2. The molecule has 3 aliphatic rings. The highest BCUT2D eigenvalue weighted by Crippen LogP contribution is 2.42. The topological polar surface area (TPSA) is 52.6 Å². The van der Waals surface area contributed by atoms with Crippen LogP contribution in [-0.2, 0) is 4.79 Å². The van der Waals surface area contributed by atoms with Gasteiger partial charge in [-0.2, -0.15) is 0 Å². The molecule has 1 aromatic carbocycles. The molecule has 1 aliphatic carbocycles. The molecule has 0 aromatic heterocycles. The first-order valence-electron chi connectivity index (χ1n) is 9.38. The summed E-state index contributed by atoms with van der Waals surface area (Å²) >= 11 is 5.80. The number of likely N-dealkylation sites (tertiary alicyclic amines) is 1. The number of carbonyl (C=O) groups excluding carboxylic acids is 1. The second-order valence-electron chi connectivity index (χ2n) is 7.78. The normalized spacial score (nSPS) is 28.1. The Labute approximate surface area is 155 Å². The van der Waals surface area contributed by atoms with Gasteiger partial charge < -0.3 is 15.3 Å². The van der Waals surface area contributed by atoms with Gasteiger partial charge in [-0.15, -0.1) is 0 Å². The number of piperidine rings is 1. The Kier molecular flexibility index (Phi) is 6.03. The van der Waals surface area contributed by atoms with E-state index in [0.29, 0.717) is 12.3 Å². The molecule has 2 aliphatic heterocycles. The molecule has 4 nitrogen and oxygen atoms in total. The van der Waals surface area contributed by atoms with E-state index in [0.717, 1.165) is 31.1 Å². The Balaban J connectivity index is 0.000000150. The molecule has 1 saturated carbocycles. The highest BCUT2D eigenvalue weighted by Gasteiger charge is 2.41. The Bertz CT molecular complexity index is 584. The van der Waals surface area contributed by atoms with E-state index in [2.05, 4.69) is 5.32 Å². The number of aliphatic hydroxyl groups is 1. The number of nitrogens with zero attached hydrogens (tertiary/aromatic N) is 1. The average molecular weight is 365 g/mol. The number of carbonyl (C=O) groups is 1. The van der Waals surface area contributed by atoms with Crippen LogP contribution in [0.5, 0.6) is 0 Å². The second kappa shape index (κ2) is 8.07. The first-order valence-corrected chi connectivity index (χ1v) is 9.76. The van der Waals surface area contributed by atoms with Crippen LogP contribution in [-0.4, -0.2) is 48.7 Å². The molecule has 2 atom stereocenters. The van der Waals surface area contributed by atoms with Crippen molar-refractivity contribution in [3.05, 3.63) is 34.9 Å². The standard InChI is InChI=1S/C11H12ClNO.C9H17NO/c1-13-7-9(6-11(13)14)8-2-4-10(12)5-3-8;11-8-3-6-10-7-9(8)4-1-2-5-9/h2-5,9H,6-7H2,1H3;8,10-11H,1-7H2. The molecule has 2 unspecified atom stereocenters. The maximum absolute atomic E-state index is 11.3. The van der Waals surface area contributed by atoms with E-state index in [1.165, 1.54) is 31.2 Å². The van der Waals surface area contributed by atoms with Crippen molar-refractivity contribution in [2.75, 3.05) is 26.7 Å². The zero-order valence-corrected chi connectivity index (χ0v) is 15.8. The van der Waals surface area contributed by atoms with Crippen LogP contribution in [0, 0.1) is 5.41 Å². The fourth-order valence-corrected chi connectivity index (χ4v) is 4.54. The summed E-state index contributed by atoms with van der Waals surface area (Å²) in [5.41, 5.74) is 1.48. The molecule has 5 heteroatoms. The summed E-state index contributed by atoms with van der Waals surface area (Å²) in [7, 11) is 1.85. The third-order valence-corrected chi connectivity index (χ3v) is 6.31. The minimum atomic E-state index is -0.0220. The lowest BCUT2D eigenvalue weighted by Crippen LogP contribution is -2.48. The predicted octanol–water partition coefficient (Wildman–Crippen LogP) is 3.19. The van der Waals surface area contributed by atoms with Crippen molar-refractivity contribution in [3.63, 3.8) is 0 Å². The van der Waals surface area contributed by atoms with E-state index in [-0.39, 0.29) is 17.4 Å². The molecule has 1 amide bonds. The highest BCUT2D eigenvalue weighted by atomic mass is 35.5. The molecule has 2 heterocycles.